The molecule has 2 rings (SSSR count). The fourth-order valence-electron chi connectivity index (χ4n) is 2.37. The van der Waals surface area contributed by atoms with Gasteiger partial charge in [-0.25, -0.2) is 13.1 Å². The standard InChI is InChI=1S/C20H26N2O5S/c1-16(27-15-18-9-6-10-19(13-18)26-2)20(23)21-11-12-28(24,25)22-14-17-7-4-3-5-8-17/h3-10,13,16,22H,11-12,14-15H2,1-2H3,(H,21,23). The Labute approximate surface area is 166 Å². The molecule has 0 aromatic heterocycles. The van der Waals surface area contributed by atoms with E-state index in [1.165, 1.54) is 0 Å². The van der Waals surface area contributed by atoms with Gasteiger partial charge in [0.25, 0.3) is 0 Å². The molecule has 0 aliphatic heterocycles. The van der Waals surface area contributed by atoms with Crippen LogP contribution >= 0.6 is 0 Å². The molecule has 1 atom stereocenters. The lowest BCUT2D eigenvalue weighted by Gasteiger charge is -2.14. The first-order valence-corrected chi connectivity index (χ1v) is 10.6. The molecule has 2 aromatic carbocycles. The largest absolute Gasteiger partial charge is 0.497 e. The molecule has 28 heavy (non-hydrogen) atoms. The highest BCUT2D eigenvalue weighted by molar-refractivity contribution is 7.89. The highest BCUT2D eigenvalue weighted by Gasteiger charge is 2.15. The third kappa shape index (κ3) is 7.67. The van der Waals surface area contributed by atoms with Crippen molar-refractivity contribution in [1.29, 1.82) is 0 Å². The van der Waals surface area contributed by atoms with Crippen LogP contribution in [0, 0.1) is 0 Å². The van der Waals surface area contributed by atoms with Crippen molar-refractivity contribution < 1.29 is 22.7 Å². The first-order valence-electron chi connectivity index (χ1n) is 8.93. The van der Waals surface area contributed by atoms with Gasteiger partial charge in [-0.1, -0.05) is 42.5 Å². The molecular weight excluding hydrogens is 380 g/mol. The predicted molar refractivity (Wildman–Crippen MR) is 107 cm³/mol. The zero-order valence-electron chi connectivity index (χ0n) is 16.1. The van der Waals surface area contributed by atoms with Crippen molar-refractivity contribution in [1.82, 2.24) is 10.0 Å². The maximum absolute atomic E-state index is 12.1. The molecule has 1 amide bonds. The summed E-state index contributed by atoms with van der Waals surface area (Å²) in [5.41, 5.74) is 1.75. The van der Waals surface area contributed by atoms with E-state index in [9.17, 15) is 13.2 Å². The summed E-state index contributed by atoms with van der Waals surface area (Å²) >= 11 is 0. The van der Waals surface area contributed by atoms with E-state index in [4.69, 9.17) is 9.47 Å². The molecule has 0 heterocycles. The Kier molecular flexibility index (Phi) is 8.43. The lowest BCUT2D eigenvalue weighted by molar-refractivity contribution is -0.132. The third-order valence-electron chi connectivity index (χ3n) is 4.01. The van der Waals surface area contributed by atoms with Gasteiger partial charge in [-0.3, -0.25) is 4.79 Å². The number of carbonyl (C=O) groups is 1. The summed E-state index contributed by atoms with van der Waals surface area (Å²) in [5.74, 6) is 0.154. The second kappa shape index (κ2) is 10.8. The van der Waals surface area contributed by atoms with Gasteiger partial charge in [-0.2, -0.15) is 0 Å². The van der Waals surface area contributed by atoms with E-state index in [0.717, 1.165) is 11.1 Å². The van der Waals surface area contributed by atoms with E-state index in [0.29, 0.717) is 5.75 Å². The summed E-state index contributed by atoms with van der Waals surface area (Å²) in [6, 6.07) is 16.6. The van der Waals surface area contributed by atoms with E-state index < -0.39 is 16.1 Å². The van der Waals surface area contributed by atoms with E-state index in [2.05, 4.69) is 10.0 Å². The van der Waals surface area contributed by atoms with E-state index >= 15 is 0 Å². The molecule has 0 spiro atoms. The number of carbonyl (C=O) groups excluding carboxylic acids is 1. The van der Waals surface area contributed by atoms with Gasteiger partial charge in [0.15, 0.2) is 0 Å². The van der Waals surface area contributed by atoms with Crippen molar-refractivity contribution >= 4 is 15.9 Å². The minimum absolute atomic E-state index is 0.00974. The number of hydrogen-bond acceptors (Lipinski definition) is 5. The minimum Gasteiger partial charge on any atom is -0.497 e. The number of amides is 1. The average Bonchev–Trinajstić information content (AvgIpc) is 2.71. The first kappa shape index (κ1) is 21.9. The number of rotatable bonds is 11. The van der Waals surface area contributed by atoms with Crippen LogP contribution in [-0.4, -0.2) is 39.8 Å². The Morgan fingerprint density at radius 1 is 1.07 bits per heavy atom. The fraction of sp³-hybridized carbons (Fsp3) is 0.350. The van der Waals surface area contributed by atoms with Crippen LogP contribution < -0.4 is 14.8 Å². The zero-order chi connectivity index (χ0) is 20.4. The van der Waals surface area contributed by atoms with Crippen LogP contribution in [0.5, 0.6) is 5.75 Å². The lowest BCUT2D eigenvalue weighted by atomic mass is 10.2. The van der Waals surface area contributed by atoms with Gasteiger partial charge in [-0.15, -0.1) is 0 Å². The molecule has 7 nitrogen and oxygen atoms in total. The maximum atomic E-state index is 12.1. The summed E-state index contributed by atoms with van der Waals surface area (Å²) in [4.78, 5) is 12.1. The van der Waals surface area contributed by atoms with Crippen LogP contribution in [0.25, 0.3) is 0 Å². The summed E-state index contributed by atoms with van der Waals surface area (Å²) in [7, 11) is -1.90. The molecule has 0 saturated heterocycles. The topological polar surface area (TPSA) is 93.7 Å². The van der Waals surface area contributed by atoms with Gasteiger partial charge < -0.3 is 14.8 Å². The minimum atomic E-state index is -3.48. The zero-order valence-corrected chi connectivity index (χ0v) is 16.9. The molecule has 2 N–H and O–H groups in total. The number of methoxy groups -OCH3 is 1. The van der Waals surface area contributed by atoms with Crippen molar-refractivity contribution in [3.8, 4) is 5.75 Å². The van der Waals surface area contributed by atoms with Crippen LogP contribution in [0.4, 0.5) is 0 Å². The number of nitrogens with one attached hydrogen (secondary N) is 2. The van der Waals surface area contributed by atoms with Gasteiger partial charge >= 0.3 is 0 Å². The molecule has 8 heteroatoms. The lowest BCUT2D eigenvalue weighted by Crippen LogP contribution is -2.39. The number of sulfonamides is 1. The van der Waals surface area contributed by atoms with E-state index in [1.807, 2.05) is 54.6 Å². The second-order valence-corrected chi connectivity index (χ2v) is 8.15. The predicted octanol–water partition coefficient (Wildman–Crippen LogP) is 1.84. The summed E-state index contributed by atoms with van der Waals surface area (Å²) in [6.45, 7) is 2.10. The monoisotopic (exact) mass is 406 g/mol. The van der Waals surface area contributed by atoms with Crippen LogP contribution in [0.2, 0.25) is 0 Å². The van der Waals surface area contributed by atoms with Crippen LogP contribution in [0.15, 0.2) is 54.6 Å². The van der Waals surface area contributed by atoms with Gasteiger partial charge in [0.05, 0.1) is 19.5 Å². The highest BCUT2D eigenvalue weighted by Crippen LogP contribution is 2.13. The fourth-order valence-corrected chi connectivity index (χ4v) is 3.27. The molecule has 0 radical (unpaired) electrons. The Hall–Kier alpha value is -2.42. The molecule has 1 unspecified atom stereocenters. The number of hydrogen-bond donors (Lipinski definition) is 2. The first-order chi connectivity index (χ1) is 13.4. The third-order valence-corrected chi connectivity index (χ3v) is 5.34. The Balaban J connectivity index is 1.70. The normalized spacial score (nSPS) is 12.4. The van der Waals surface area contributed by atoms with Crippen molar-refractivity contribution in [2.24, 2.45) is 0 Å². The molecular formula is C20H26N2O5S. The highest BCUT2D eigenvalue weighted by atomic mass is 32.2. The molecule has 2 aromatic rings. The van der Waals surface area contributed by atoms with E-state index in [1.54, 1.807) is 14.0 Å². The molecule has 152 valence electrons. The summed E-state index contributed by atoms with van der Waals surface area (Å²) in [6.07, 6.45) is -0.703. The van der Waals surface area contributed by atoms with E-state index in [-0.39, 0.29) is 31.4 Å². The van der Waals surface area contributed by atoms with Gasteiger partial charge in [0.1, 0.15) is 11.9 Å². The van der Waals surface area contributed by atoms with Crippen LogP contribution in [0.1, 0.15) is 18.1 Å². The van der Waals surface area contributed by atoms with Gasteiger partial charge in [0, 0.05) is 13.1 Å². The smallest absolute Gasteiger partial charge is 0.248 e. The SMILES string of the molecule is COc1cccc(COC(C)C(=O)NCCS(=O)(=O)NCc2ccccc2)c1. The number of benzene rings is 2. The Morgan fingerprint density at radius 2 is 1.79 bits per heavy atom. The van der Waals surface area contributed by atoms with Gasteiger partial charge in [0.2, 0.25) is 15.9 Å². The Bertz CT molecular complexity index is 856. The summed E-state index contributed by atoms with van der Waals surface area (Å²) in [5, 5.41) is 2.59. The van der Waals surface area contributed by atoms with Crippen molar-refractivity contribution in [2.45, 2.75) is 26.2 Å². The average molecular weight is 407 g/mol. The van der Waals surface area contributed by atoms with Crippen molar-refractivity contribution in [2.75, 3.05) is 19.4 Å². The van der Waals surface area contributed by atoms with Crippen LogP contribution in [-0.2, 0) is 32.7 Å². The molecule has 0 aliphatic rings. The molecule has 0 bridgehead atoms. The van der Waals surface area contributed by atoms with Crippen LogP contribution in [0.3, 0.4) is 0 Å². The molecule has 0 aliphatic carbocycles. The molecule has 0 fully saturated rings. The van der Waals surface area contributed by atoms with Crippen molar-refractivity contribution in [3.63, 3.8) is 0 Å². The maximum Gasteiger partial charge on any atom is 0.248 e. The summed E-state index contributed by atoms with van der Waals surface area (Å²) < 4.78 is 37.2. The second-order valence-electron chi connectivity index (χ2n) is 6.22. The van der Waals surface area contributed by atoms with Crippen molar-refractivity contribution in [3.05, 3.63) is 65.7 Å². The Morgan fingerprint density at radius 3 is 2.50 bits per heavy atom. The quantitative estimate of drug-likeness (QED) is 0.594. The molecule has 0 saturated carbocycles. The van der Waals surface area contributed by atoms with Gasteiger partial charge in [-0.05, 0) is 30.2 Å². The number of ether oxygens (including phenoxy) is 2.